The predicted molar refractivity (Wildman–Crippen MR) is 102 cm³/mol. The number of amides is 1. The fraction of sp³-hybridized carbons (Fsp3) is 0.105. The highest BCUT2D eigenvalue weighted by atomic mass is 35.5. The molecule has 0 aliphatic carbocycles. The van der Waals surface area contributed by atoms with Crippen molar-refractivity contribution in [3.05, 3.63) is 76.7 Å². The number of halogens is 2. The Morgan fingerprint density at radius 3 is 2.62 bits per heavy atom. The number of nitrogens with zero attached hydrogens (tertiary/aromatic N) is 3. The normalized spacial score (nSPS) is 10.4. The second kappa shape index (κ2) is 8.17. The van der Waals surface area contributed by atoms with Crippen molar-refractivity contribution >= 4 is 34.8 Å². The van der Waals surface area contributed by atoms with Crippen molar-refractivity contribution in [2.75, 3.05) is 11.4 Å². The van der Waals surface area contributed by atoms with Crippen LogP contribution in [0.15, 0.2) is 61.1 Å². The Bertz CT molecular complexity index is 902. The molecule has 2 aromatic heterocycles. The van der Waals surface area contributed by atoms with Gasteiger partial charge in [-0.3, -0.25) is 9.78 Å². The minimum Gasteiger partial charge on any atom is -0.437 e. The summed E-state index contributed by atoms with van der Waals surface area (Å²) in [6.07, 6.45) is 4.78. The minimum absolute atomic E-state index is 0.163. The topological polar surface area (TPSA) is 55.3 Å². The van der Waals surface area contributed by atoms with Crippen molar-refractivity contribution in [1.29, 1.82) is 0 Å². The number of aromatic nitrogens is 2. The Labute approximate surface area is 161 Å². The molecule has 0 bridgehead atoms. The summed E-state index contributed by atoms with van der Waals surface area (Å²) in [5.41, 5.74) is 1.18. The quantitative estimate of drug-likeness (QED) is 0.600. The molecule has 2 heterocycles. The first-order chi connectivity index (χ1) is 12.6. The number of anilines is 1. The zero-order valence-corrected chi connectivity index (χ0v) is 15.4. The molecule has 3 aromatic rings. The Balaban J connectivity index is 1.77. The highest BCUT2D eigenvalue weighted by Crippen LogP contribution is 2.30. The maximum absolute atomic E-state index is 12.7. The molecular formula is C19H15Cl2N3O2. The first-order valence-corrected chi connectivity index (χ1v) is 8.65. The SMILES string of the molecule is CCN(C(=O)c1ccc(Oc2ccc(Cl)cc2Cl)nc1)c1cccnc1. The second-order valence-corrected chi connectivity index (χ2v) is 6.17. The van der Waals surface area contributed by atoms with Crippen molar-refractivity contribution in [1.82, 2.24) is 9.97 Å². The molecule has 26 heavy (non-hydrogen) atoms. The summed E-state index contributed by atoms with van der Waals surface area (Å²) >= 11 is 12.0. The number of hydrogen-bond acceptors (Lipinski definition) is 4. The van der Waals surface area contributed by atoms with Gasteiger partial charge >= 0.3 is 0 Å². The molecule has 132 valence electrons. The molecule has 3 rings (SSSR count). The van der Waals surface area contributed by atoms with Gasteiger partial charge in [0.15, 0.2) is 0 Å². The van der Waals surface area contributed by atoms with Crippen LogP contribution < -0.4 is 9.64 Å². The minimum atomic E-state index is -0.163. The van der Waals surface area contributed by atoms with Gasteiger partial charge in [-0.1, -0.05) is 23.2 Å². The van der Waals surface area contributed by atoms with Gasteiger partial charge in [-0.25, -0.2) is 4.98 Å². The van der Waals surface area contributed by atoms with E-state index in [1.54, 1.807) is 53.7 Å². The van der Waals surface area contributed by atoms with E-state index < -0.39 is 0 Å². The fourth-order valence-electron chi connectivity index (χ4n) is 2.35. The van der Waals surface area contributed by atoms with Crippen LogP contribution in [0.25, 0.3) is 0 Å². The lowest BCUT2D eigenvalue weighted by molar-refractivity contribution is 0.0988. The van der Waals surface area contributed by atoms with Crippen LogP contribution in [0.2, 0.25) is 10.0 Å². The molecule has 0 fully saturated rings. The third-order valence-corrected chi connectivity index (χ3v) is 4.14. The van der Waals surface area contributed by atoms with Crippen molar-refractivity contribution in [2.24, 2.45) is 0 Å². The van der Waals surface area contributed by atoms with E-state index in [1.165, 1.54) is 6.20 Å². The van der Waals surface area contributed by atoms with E-state index >= 15 is 0 Å². The third kappa shape index (κ3) is 4.12. The van der Waals surface area contributed by atoms with E-state index in [-0.39, 0.29) is 5.91 Å². The molecule has 1 amide bonds. The Morgan fingerprint density at radius 1 is 1.15 bits per heavy atom. The maximum Gasteiger partial charge on any atom is 0.259 e. The number of pyridine rings is 2. The van der Waals surface area contributed by atoms with Crippen LogP contribution in [-0.4, -0.2) is 22.4 Å². The third-order valence-electron chi connectivity index (χ3n) is 3.61. The number of rotatable bonds is 5. The van der Waals surface area contributed by atoms with E-state index in [0.717, 1.165) is 5.69 Å². The molecule has 0 radical (unpaired) electrons. The van der Waals surface area contributed by atoms with Gasteiger partial charge in [0.1, 0.15) is 5.75 Å². The summed E-state index contributed by atoms with van der Waals surface area (Å²) in [4.78, 5) is 22.6. The lowest BCUT2D eigenvalue weighted by atomic mass is 10.2. The van der Waals surface area contributed by atoms with E-state index in [9.17, 15) is 4.79 Å². The first kappa shape index (κ1) is 18.2. The highest BCUT2D eigenvalue weighted by molar-refractivity contribution is 6.35. The summed E-state index contributed by atoms with van der Waals surface area (Å²) in [6, 6.07) is 11.8. The van der Waals surface area contributed by atoms with Crippen molar-refractivity contribution in [3.63, 3.8) is 0 Å². The number of ether oxygens (including phenoxy) is 1. The van der Waals surface area contributed by atoms with Gasteiger partial charge < -0.3 is 9.64 Å². The summed E-state index contributed by atoms with van der Waals surface area (Å²) in [6.45, 7) is 2.42. The van der Waals surface area contributed by atoms with Gasteiger partial charge in [-0.2, -0.15) is 0 Å². The molecule has 0 aliphatic rings. The Morgan fingerprint density at radius 2 is 2.00 bits per heavy atom. The summed E-state index contributed by atoms with van der Waals surface area (Å²) in [5.74, 6) is 0.604. The predicted octanol–water partition coefficient (Wildman–Crippen LogP) is 5.24. The molecule has 0 spiro atoms. The standard InChI is InChI=1S/C19H15Cl2N3O2/c1-2-24(15-4-3-9-22-12-15)19(25)13-5-8-18(23-11-13)26-17-7-6-14(20)10-16(17)21/h3-12H,2H2,1H3. The molecule has 0 unspecified atom stereocenters. The monoisotopic (exact) mass is 387 g/mol. The van der Waals surface area contributed by atoms with Crippen LogP contribution in [0, 0.1) is 0 Å². The summed E-state index contributed by atoms with van der Waals surface area (Å²) in [5, 5.41) is 0.902. The maximum atomic E-state index is 12.7. The second-order valence-electron chi connectivity index (χ2n) is 5.32. The average Bonchev–Trinajstić information content (AvgIpc) is 2.66. The van der Waals surface area contributed by atoms with Gasteiger partial charge in [0.05, 0.1) is 22.5 Å². The smallest absolute Gasteiger partial charge is 0.259 e. The van der Waals surface area contributed by atoms with Crippen LogP contribution in [0.3, 0.4) is 0 Å². The largest absolute Gasteiger partial charge is 0.437 e. The molecule has 1 aromatic carbocycles. The van der Waals surface area contributed by atoms with Gasteiger partial charge in [-0.15, -0.1) is 0 Å². The number of carbonyl (C=O) groups is 1. The zero-order chi connectivity index (χ0) is 18.5. The lowest BCUT2D eigenvalue weighted by Gasteiger charge is -2.20. The zero-order valence-electron chi connectivity index (χ0n) is 13.9. The van der Waals surface area contributed by atoms with E-state index in [1.807, 2.05) is 13.0 Å². The average molecular weight is 388 g/mol. The van der Waals surface area contributed by atoms with Crippen LogP contribution in [0.1, 0.15) is 17.3 Å². The van der Waals surface area contributed by atoms with E-state index in [2.05, 4.69) is 9.97 Å². The lowest BCUT2D eigenvalue weighted by Crippen LogP contribution is -2.30. The molecule has 0 N–H and O–H groups in total. The van der Waals surface area contributed by atoms with Crippen LogP contribution in [0.4, 0.5) is 5.69 Å². The van der Waals surface area contributed by atoms with Gasteiger partial charge in [0.2, 0.25) is 5.88 Å². The molecule has 0 saturated heterocycles. The molecule has 0 aliphatic heterocycles. The number of carbonyl (C=O) groups excluding carboxylic acids is 1. The van der Waals surface area contributed by atoms with E-state index in [0.29, 0.717) is 33.8 Å². The van der Waals surface area contributed by atoms with Crippen LogP contribution in [0.5, 0.6) is 11.6 Å². The number of hydrogen-bond donors (Lipinski definition) is 0. The van der Waals surface area contributed by atoms with E-state index in [4.69, 9.17) is 27.9 Å². The molecule has 5 nitrogen and oxygen atoms in total. The molecule has 0 atom stereocenters. The highest BCUT2D eigenvalue weighted by Gasteiger charge is 2.17. The fourth-order valence-corrected chi connectivity index (χ4v) is 2.80. The van der Waals surface area contributed by atoms with Gasteiger partial charge in [0, 0.05) is 30.0 Å². The first-order valence-electron chi connectivity index (χ1n) is 7.89. The van der Waals surface area contributed by atoms with Crippen LogP contribution >= 0.6 is 23.2 Å². The summed E-state index contributed by atoms with van der Waals surface area (Å²) < 4.78 is 5.63. The van der Waals surface area contributed by atoms with Gasteiger partial charge in [0.25, 0.3) is 5.91 Å². The molecule has 0 saturated carbocycles. The molecule has 7 heteroatoms. The number of benzene rings is 1. The summed E-state index contributed by atoms with van der Waals surface area (Å²) in [7, 11) is 0. The van der Waals surface area contributed by atoms with Crippen molar-refractivity contribution < 1.29 is 9.53 Å². The van der Waals surface area contributed by atoms with Crippen molar-refractivity contribution in [3.8, 4) is 11.6 Å². The van der Waals surface area contributed by atoms with Crippen LogP contribution in [-0.2, 0) is 0 Å². The van der Waals surface area contributed by atoms with Crippen molar-refractivity contribution in [2.45, 2.75) is 6.92 Å². The molecular weight excluding hydrogens is 373 g/mol. The Kier molecular flexibility index (Phi) is 5.71. The Hall–Kier alpha value is -2.63. The van der Waals surface area contributed by atoms with Gasteiger partial charge in [-0.05, 0) is 43.3 Å².